The minimum atomic E-state index is -0.335. The number of pyridine rings is 1. The van der Waals surface area contributed by atoms with Gasteiger partial charge in [-0.25, -0.2) is 14.4 Å². The zero-order valence-corrected chi connectivity index (χ0v) is 15.6. The molecule has 5 rings (SSSR count). The van der Waals surface area contributed by atoms with Gasteiger partial charge in [-0.1, -0.05) is 18.2 Å². The van der Waals surface area contributed by atoms with E-state index in [1.165, 1.54) is 12.1 Å². The molecule has 3 aromatic heterocycles. The maximum absolute atomic E-state index is 14.0. The van der Waals surface area contributed by atoms with E-state index in [9.17, 15) is 4.39 Å². The van der Waals surface area contributed by atoms with Gasteiger partial charge in [-0.05, 0) is 30.3 Å². The van der Waals surface area contributed by atoms with E-state index in [1.54, 1.807) is 18.5 Å². The third kappa shape index (κ3) is 2.75. The van der Waals surface area contributed by atoms with Gasteiger partial charge in [0.05, 0.1) is 22.6 Å². The summed E-state index contributed by atoms with van der Waals surface area (Å²) in [5.41, 5.74) is 11.4. The van der Waals surface area contributed by atoms with Gasteiger partial charge >= 0.3 is 0 Å². The average molecular weight is 384 g/mol. The lowest BCUT2D eigenvalue weighted by Crippen LogP contribution is -2.04. The molecule has 29 heavy (non-hydrogen) atoms. The standard InChI is InChI=1S/C22H17FN6/c1-25-17-12-15(10-13-5-3-7-26-18(13)17)20-19(14-4-2-6-16(23)11-14)28-21(24)22-27-8-9-29(20)22/h2-12,25H,1H3,(H2,24,28). The Morgan fingerprint density at radius 3 is 2.72 bits per heavy atom. The smallest absolute Gasteiger partial charge is 0.180 e. The lowest BCUT2D eigenvalue weighted by Gasteiger charge is -2.16. The summed E-state index contributed by atoms with van der Waals surface area (Å²) in [6, 6.07) is 14.3. The molecule has 0 saturated heterocycles. The molecule has 0 aliphatic carbocycles. The molecule has 3 N–H and O–H groups in total. The number of benzene rings is 2. The van der Waals surface area contributed by atoms with Crippen LogP contribution in [-0.4, -0.2) is 26.4 Å². The Morgan fingerprint density at radius 1 is 1.00 bits per heavy atom. The molecule has 0 atom stereocenters. The zero-order chi connectivity index (χ0) is 20.0. The van der Waals surface area contributed by atoms with Crippen LogP contribution in [0.5, 0.6) is 0 Å². The number of nitrogen functional groups attached to an aromatic ring is 1. The Morgan fingerprint density at radius 2 is 1.90 bits per heavy atom. The van der Waals surface area contributed by atoms with Crippen LogP contribution in [0.15, 0.2) is 67.1 Å². The minimum Gasteiger partial charge on any atom is -0.386 e. The summed E-state index contributed by atoms with van der Waals surface area (Å²) in [7, 11) is 1.86. The van der Waals surface area contributed by atoms with Crippen molar-refractivity contribution in [1.82, 2.24) is 19.4 Å². The molecule has 0 amide bonds. The predicted octanol–water partition coefficient (Wildman–Crippen LogP) is 4.37. The van der Waals surface area contributed by atoms with Gasteiger partial charge in [-0.3, -0.25) is 9.38 Å². The number of anilines is 2. The maximum atomic E-state index is 14.0. The predicted molar refractivity (Wildman–Crippen MR) is 113 cm³/mol. The molecule has 0 unspecified atom stereocenters. The second-order valence-electron chi connectivity index (χ2n) is 6.67. The molecular weight excluding hydrogens is 367 g/mol. The summed E-state index contributed by atoms with van der Waals surface area (Å²) >= 11 is 0. The molecule has 0 aliphatic rings. The van der Waals surface area contributed by atoms with Crippen LogP contribution in [0.2, 0.25) is 0 Å². The third-order valence-electron chi connectivity index (χ3n) is 4.91. The molecule has 5 aromatic rings. The third-order valence-corrected chi connectivity index (χ3v) is 4.91. The molecule has 0 saturated carbocycles. The van der Waals surface area contributed by atoms with Crippen LogP contribution in [0.25, 0.3) is 39.1 Å². The van der Waals surface area contributed by atoms with Gasteiger partial charge < -0.3 is 11.1 Å². The van der Waals surface area contributed by atoms with Gasteiger partial charge in [0, 0.05) is 42.2 Å². The highest BCUT2D eigenvalue weighted by atomic mass is 19.1. The second kappa shape index (κ2) is 6.56. The first-order valence-electron chi connectivity index (χ1n) is 9.11. The van der Waals surface area contributed by atoms with Crippen molar-refractivity contribution in [3.63, 3.8) is 0 Å². The average Bonchev–Trinajstić information content (AvgIpc) is 3.23. The zero-order valence-electron chi connectivity index (χ0n) is 15.6. The number of nitrogens with two attached hydrogens (primary N) is 1. The first-order chi connectivity index (χ1) is 14.2. The highest BCUT2D eigenvalue weighted by Gasteiger charge is 2.18. The van der Waals surface area contributed by atoms with E-state index in [1.807, 2.05) is 48.0 Å². The van der Waals surface area contributed by atoms with E-state index in [0.717, 1.165) is 27.8 Å². The topological polar surface area (TPSA) is 81.1 Å². The van der Waals surface area contributed by atoms with Gasteiger partial charge in [-0.15, -0.1) is 0 Å². The SMILES string of the molecule is CNc1cc(-c2c(-c3cccc(F)c3)nc(N)c3nccn23)cc2cccnc12. The van der Waals surface area contributed by atoms with Crippen LogP contribution in [0.3, 0.4) is 0 Å². The first kappa shape index (κ1) is 17.1. The normalized spacial score (nSPS) is 11.2. The number of fused-ring (bicyclic) bond motifs is 2. The van der Waals surface area contributed by atoms with E-state index >= 15 is 0 Å². The molecule has 142 valence electrons. The first-order valence-corrected chi connectivity index (χ1v) is 9.11. The van der Waals surface area contributed by atoms with Gasteiger partial charge in [0.1, 0.15) is 5.82 Å². The Bertz CT molecular complexity index is 1370. The fourth-order valence-electron chi connectivity index (χ4n) is 3.64. The minimum absolute atomic E-state index is 0.286. The number of imidazole rings is 1. The number of halogens is 1. The lowest BCUT2D eigenvalue weighted by atomic mass is 10.0. The van der Waals surface area contributed by atoms with Gasteiger partial charge in [-0.2, -0.15) is 0 Å². The van der Waals surface area contributed by atoms with E-state index in [0.29, 0.717) is 16.9 Å². The summed E-state index contributed by atoms with van der Waals surface area (Å²) in [6.07, 6.45) is 5.27. The van der Waals surface area contributed by atoms with Crippen LogP contribution in [0, 0.1) is 5.82 Å². The largest absolute Gasteiger partial charge is 0.386 e. The van der Waals surface area contributed by atoms with Crippen molar-refractivity contribution in [2.45, 2.75) is 0 Å². The fourth-order valence-corrected chi connectivity index (χ4v) is 3.64. The van der Waals surface area contributed by atoms with Crippen molar-refractivity contribution < 1.29 is 4.39 Å². The number of nitrogens with one attached hydrogen (secondary N) is 1. The molecule has 0 radical (unpaired) electrons. The number of rotatable bonds is 3. The molecule has 2 aromatic carbocycles. The van der Waals surface area contributed by atoms with Crippen LogP contribution in [-0.2, 0) is 0 Å². The number of nitrogens with zero attached hydrogens (tertiary/aromatic N) is 4. The van der Waals surface area contributed by atoms with Crippen LogP contribution < -0.4 is 11.1 Å². The fraction of sp³-hybridized carbons (Fsp3) is 0.0455. The quantitative estimate of drug-likeness (QED) is 0.483. The molecule has 0 fully saturated rings. The Balaban J connectivity index is 1.90. The van der Waals surface area contributed by atoms with Crippen molar-refractivity contribution >= 4 is 28.1 Å². The summed E-state index contributed by atoms with van der Waals surface area (Å²) in [4.78, 5) is 13.4. The van der Waals surface area contributed by atoms with Gasteiger partial charge in [0.2, 0.25) is 0 Å². The van der Waals surface area contributed by atoms with Crippen molar-refractivity contribution in [2.24, 2.45) is 0 Å². The molecule has 7 heteroatoms. The second-order valence-corrected chi connectivity index (χ2v) is 6.67. The van der Waals surface area contributed by atoms with Crippen molar-refractivity contribution in [3.05, 3.63) is 72.9 Å². The van der Waals surface area contributed by atoms with Crippen LogP contribution in [0.4, 0.5) is 15.9 Å². The summed E-state index contributed by atoms with van der Waals surface area (Å²) in [5.74, 6) is -0.0486. The lowest BCUT2D eigenvalue weighted by molar-refractivity contribution is 0.628. The van der Waals surface area contributed by atoms with Crippen LogP contribution in [0.1, 0.15) is 0 Å². The molecule has 3 heterocycles. The van der Waals surface area contributed by atoms with E-state index in [-0.39, 0.29) is 11.6 Å². The summed E-state index contributed by atoms with van der Waals surface area (Å²) < 4.78 is 15.9. The Kier molecular flexibility index (Phi) is 3.87. The van der Waals surface area contributed by atoms with E-state index in [2.05, 4.69) is 20.3 Å². The van der Waals surface area contributed by atoms with Gasteiger partial charge in [0.25, 0.3) is 0 Å². The van der Waals surface area contributed by atoms with E-state index in [4.69, 9.17) is 5.73 Å². The molecular formula is C22H17FN6. The number of hydrogen-bond acceptors (Lipinski definition) is 5. The molecule has 0 spiro atoms. The summed E-state index contributed by atoms with van der Waals surface area (Å²) in [6.45, 7) is 0. The van der Waals surface area contributed by atoms with Crippen LogP contribution >= 0.6 is 0 Å². The number of hydrogen-bond donors (Lipinski definition) is 2. The van der Waals surface area contributed by atoms with Crippen molar-refractivity contribution in [1.29, 1.82) is 0 Å². The maximum Gasteiger partial charge on any atom is 0.180 e. The molecule has 0 bridgehead atoms. The highest BCUT2D eigenvalue weighted by Crippen LogP contribution is 2.36. The monoisotopic (exact) mass is 384 g/mol. The van der Waals surface area contributed by atoms with Crippen molar-refractivity contribution in [3.8, 4) is 22.5 Å². The van der Waals surface area contributed by atoms with Gasteiger partial charge in [0.15, 0.2) is 11.5 Å². The highest BCUT2D eigenvalue weighted by molar-refractivity contribution is 5.96. The Labute approximate surface area is 165 Å². The molecule has 6 nitrogen and oxygen atoms in total. The van der Waals surface area contributed by atoms with E-state index < -0.39 is 0 Å². The Hall–Kier alpha value is -4.00. The summed E-state index contributed by atoms with van der Waals surface area (Å²) in [5, 5.41) is 4.19. The van der Waals surface area contributed by atoms with Crippen molar-refractivity contribution in [2.75, 3.05) is 18.1 Å². The molecule has 0 aliphatic heterocycles. The number of aromatic nitrogens is 4.